The molecule has 2 rings (SSSR count). The fourth-order valence-electron chi connectivity index (χ4n) is 4.30. The number of carbonyl (C=O) groups excluding carboxylic acids is 1. The van der Waals surface area contributed by atoms with E-state index in [4.69, 9.17) is 10.5 Å². The zero-order valence-electron chi connectivity index (χ0n) is 18.1. The number of aromatic amines is 1. The minimum absolute atomic E-state index is 0.0343. The van der Waals surface area contributed by atoms with Gasteiger partial charge in [0.2, 0.25) is 0 Å². The first-order valence-corrected chi connectivity index (χ1v) is 10.5. The SMILES string of the molecule is CCCCn1c(N)c(N(CCOC)C(=O)C[NH+]2C[C@@H](C)C[C@H](C)C2)c(=O)[nH]c1=O. The third kappa shape index (κ3) is 5.93. The molecule has 4 N–H and O–H groups in total. The van der Waals surface area contributed by atoms with Crippen LogP contribution in [0.5, 0.6) is 0 Å². The first-order chi connectivity index (χ1) is 13.8. The molecule has 1 aromatic heterocycles. The zero-order valence-corrected chi connectivity index (χ0v) is 18.1. The van der Waals surface area contributed by atoms with Crippen LogP contribution in [0.2, 0.25) is 0 Å². The monoisotopic (exact) mass is 410 g/mol. The molecule has 9 nitrogen and oxygen atoms in total. The topological polar surface area (TPSA) is 115 Å². The third-order valence-corrected chi connectivity index (χ3v) is 5.52. The molecule has 0 radical (unpaired) electrons. The number of nitrogens with two attached hydrogens (primary N) is 1. The second kappa shape index (κ2) is 10.6. The first-order valence-electron chi connectivity index (χ1n) is 10.5. The number of anilines is 2. The Labute approximate surface area is 171 Å². The van der Waals surface area contributed by atoms with Crippen molar-refractivity contribution in [3.63, 3.8) is 0 Å². The molecule has 0 bridgehead atoms. The molecule has 0 spiro atoms. The molecule has 2 atom stereocenters. The number of unbranched alkanes of at least 4 members (excludes halogenated alkanes) is 1. The number of quaternary nitrogens is 1. The Morgan fingerprint density at radius 3 is 2.55 bits per heavy atom. The largest absolute Gasteiger partial charge is 0.383 e. The molecule has 0 unspecified atom stereocenters. The van der Waals surface area contributed by atoms with Crippen LogP contribution < -0.4 is 26.8 Å². The number of likely N-dealkylation sites (tertiary alicyclic amines) is 1. The van der Waals surface area contributed by atoms with E-state index in [1.165, 1.54) is 27.9 Å². The van der Waals surface area contributed by atoms with Crippen molar-refractivity contribution in [3.05, 3.63) is 20.8 Å². The highest BCUT2D eigenvalue weighted by molar-refractivity contribution is 5.96. The number of carbonyl (C=O) groups is 1. The summed E-state index contributed by atoms with van der Waals surface area (Å²) in [6.07, 6.45) is 2.79. The van der Waals surface area contributed by atoms with Gasteiger partial charge < -0.3 is 15.4 Å². The molecule has 1 aromatic rings. The van der Waals surface area contributed by atoms with Gasteiger partial charge in [0.15, 0.2) is 12.2 Å². The Bertz CT molecular complexity index is 793. The number of hydrogen-bond donors (Lipinski definition) is 3. The molecule has 1 fully saturated rings. The van der Waals surface area contributed by atoms with Crippen LogP contribution >= 0.6 is 0 Å². The van der Waals surface area contributed by atoms with Gasteiger partial charge in [0, 0.05) is 32.0 Å². The van der Waals surface area contributed by atoms with E-state index in [9.17, 15) is 14.4 Å². The number of amides is 1. The van der Waals surface area contributed by atoms with E-state index < -0.39 is 11.2 Å². The molecule has 1 aliphatic heterocycles. The average molecular weight is 411 g/mol. The van der Waals surface area contributed by atoms with E-state index >= 15 is 0 Å². The highest BCUT2D eigenvalue weighted by atomic mass is 16.5. The van der Waals surface area contributed by atoms with Gasteiger partial charge >= 0.3 is 5.69 Å². The molecule has 0 aliphatic carbocycles. The smallest absolute Gasteiger partial charge is 0.330 e. The number of methoxy groups -OCH3 is 1. The van der Waals surface area contributed by atoms with E-state index in [1.54, 1.807) is 0 Å². The molecule has 1 aliphatic rings. The van der Waals surface area contributed by atoms with E-state index in [0.29, 0.717) is 18.4 Å². The van der Waals surface area contributed by atoms with Gasteiger partial charge in [0.05, 0.1) is 19.7 Å². The summed E-state index contributed by atoms with van der Waals surface area (Å²) in [6.45, 7) is 9.41. The molecule has 0 saturated carbocycles. The van der Waals surface area contributed by atoms with Crippen molar-refractivity contribution in [2.75, 3.05) is 50.5 Å². The lowest BCUT2D eigenvalue weighted by molar-refractivity contribution is -0.904. The number of hydrogen-bond acceptors (Lipinski definition) is 5. The average Bonchev–Trinajstić information content (AvgIpc) is 2.63. The van der Waals surface area contributed by atoms with Gasteiger partial charge in [-0.2, -0.15) is 0 Å². The van der Waals surface area contributed by atoms with Crippen LogP contribution in [-0.2, 0) is 16.1 Å². The lowest BCUT2D eigenvalue weighted by Crippen LogP contribution is -3.15. The Hall–Kier alpha value is -2.13. The summed E-state index contributed by atoms with van der Waals surface area (Å²) in [5.74, 6) is 0.958. The second-order valence-electron chi connectivity index (χ2n) is 8.32. The summed E-state index contributed by atoms with van der Waals surface area (Å²) in [4.78, 5) is 42.9. The maximum absolute atomic E-state index is 13.2. The van der Waals surface area contributed by atoms with Crippen molar-refractivity contribution in [3.8, 4) is 0 Å². The van der Waals surface area contributed by atoms with Crippen molar-refractivity contribution in [2.45, 2.75) is 46.6 Å². The molecule has 1 saturated heterocycles. The highest BCUT2D eigenvalue weighted by Gasteiger charge is 2.31. The van der Waals surface area contributed by atoms with Crippen LogP contribution in [-0.4, -0.2) is 55.4 Å². The van der Waals surface area contributed by atoms with Gasteiger partial charge in [-0.1, -0.05) is 27.2 Å². The number of nitrogens with one attached hydrogen (secondary N) is 2. The molecular formula is C20H36N5O4+. The number of H-pyrrole nitrogens is 1. The summed E-state index contributed by atoms with van der Waals surface area (Å²) in [5.41, 5.74) is 5.07. The molecule has 0 aromatic carbocycles. The maximum Gasteiger partial charge on any atom is 0.330 e. The molecule has 164 valence electrons. The zero-order chi connectivity index (χ0) is 21.6. The van der Waals surface area contributed by atoms with Crippen LogP contribution in [0.15, 0.2) is 9.59 Å². The summed E-state index contributed by atoms with van der Waals surface area (Å²) < 4.78 is 6.48. The van der Waals surface area contributed by atoms with E-state index in [1.807, 2.05) is 6.92 Å². The van der Waals surface area contributed by atoms with Crippen LogP contribution in [0.25, 0.3) is 0 Å². The number of nitrogens with zero attached hydrogens (tertiary/aromatic N) is 2. The van der Waals surface area contributed by atoms with Crippen LogP contribution in [0.3, 0.4) is 0 Å². The highest BCUT2D eigenvalue weighted by Crippen LogP contribution is 2.17. The van der Waals surface area contributed by atoms with Crippen molar-refractivity contribution >= 4 is 17.4 Å². The van der Waals surface area contributed by atoms with E-state index in [2.05, 4.69) is 18.8 Å². The Morgan fingerprint density at radius 2 is 1.97 bits per heavy atom. The van der Waals surface area contributed by atoms with Gasteiger partial charge in [0.25, 0.3) is 11.5 Å². The normalized spacial score (nSPS) is 21.9. The van der Waals surface area contributed by atoms with E-state index in [-0.39, 0.29) is 37.1 Å². The number of aromatic nitrogens is 2. The Balaban J connectivity index is 2.35. The van der Waals surface area contributed by atoms with Crippen molar-refractivity contribution in [1.29, 1.82) is 0 Å². The van der Waals surface area contributed by atoms with Crippen LogP contribution in [0.4, 0.5) is 11.5 Å². The second-order valence-corrected chi connectivity index (χ2v) is 8.32. The van der Waals surface area contributed by atoms with Gasteiger partial charge in [-0.3, -0.25) is 24.0 Å². The summed E-state index contributed by atoms with van der Waals surface area (Å²) >= 11 is 0. The lowest BCUT2D eigenvalue weighted by Gasteiger charge is -2.33. The number of ether oxygens (including phenoxy) is 1. The van der Waals surface area contributed by atoms with Crippen LogP contribution in [0.1, 0.15) is 40.0 Å². The molecular weight excluding hydrogens is 374 g/mol. The van der Waals surface area contributed by atoms with E-state index in [0.717, 1.165) is 25.9 Å². The lowest BCUT2D eigenvalue weighted by atomic mass is 9.92. The fraction of sp³-hybridized carbons (Fsp3) is 0.750. The first kappa shape index (κ1) is 23.2. The quantitative estimate of drug-likeness (QED) is 0.506. The fourth-order valence-corrected chi connectivity index (χ4v) is 4.30. The summed E-state index contributed by atoms with van der Waals surface area (Å²) in [7, 11) is 1.54. The minimum Gasteiger partial charge on any atom is -0.383 e. The predicted octanol–water partition coefficient (Wildman–Crippen LogP) is -0.541. The maximum atomic E-state index is 13.2. The molecule has 9 heteroatoms. The minimum atomic E-state index is -0.639. The van der Waals surface area contributed by atoms with Crippen molar-refractivity contribution in [1.82, 2.24) is 9.55 Å². The predicted molar refractivity (Wildman–Crippen MR) is 113 cm³/mol. The molecule has 2 heterocycles. The number of rotatable bonds is 9. The van der Waals surface area contributed by atoms with Gasteiger partial charge in [-0.05, 0) is 12.8 Å². The standard InChI is InChI=1S/C20H35N5O4/c1-5-6-7-25-18(21)17(19(27)22-20(25)28)24(8-9-29-4)16(26)13-23-11-14(2)10-15(3)12-23/h14-15H,5-13,21H2,1-4H3,(H,22,27,28)/p+1/t14-,15-/m0/s1. The third-order valence-electron chi connectivity index (χ3n) is 5.52. The Morgan fingerprint density at radius 1 is 1.31 bits per heavy atom. The Kier molecular flexibility index (Phi) is 8.45. The number of piperidine rings is 1. The summed E-state index contributed by atoms with van der Waals surface area (Å²) in [5, 5.41) is 0. The van der Waals surface area contributed by atoms with Gasteiger partial charge in [-0.25, -0.2) is 4.79 Å². The molecule has 29 heavy (non-hydrogen) atoms. The van der Waals surface area contributed by atoms with Crippen LogP contribution in [0, 0.1) is 11.8 Å². The van der Waals surface area contributed by atoms with Gasteiger partial charge in [0.1, 0.15) is 5.82 Å². The van der Waals surface area contributed by atoms with Gasteiger partial charge in [-0.15, -0.1) is 0 Å². The number of nitrogen functional groups attached to an aromatic ring is 1. The summed E-state index contributed by atoms with van der Waals surface area (Å²) in [6, 6.07) is 0. The molecule has 1 amide bonds. The van der Waals surface area contributed by atoms with Crippen molar-refractivity contribution in [2.24, 2.45) is 11.8 Å². The van der Waals surface area contributed by atoms with Crippen molar-refractivity contribution < 1.29 is 14.4 Å².